The number of rotatable bonds is 1. The van der Waals surface area contributed by atoms with Gasteiger partial charge < -0.3 is 0 Å². The Balaban J connectivity index is 2.28. The monoisotopic (exact) mass is 199 g/mol. The smallest absolute Gasteiger partial charge is 0.0627 e. The van der Waals surface area contributed by atoms with Gasteiger partial charge in [-0.25, -0.2) is 0 Å². The Bertz CT molecular complexity index is 414. The lowest BCUT2D eigenvalue weighted by molar-refractivity contribution is 0.286. The van der Waals surface area contributed by atoms with Crippen LogP contribution in [0.25, 0.3) is 0 Å². The van der Waals surface area contributed by atoms with Crippen molar-refractivity contribution in [2.24, 2.45) is 5.41 Å². The molecular weight excluding hydrogens is 182 g/mol. The van der Waals surface area contributed by atoms with Crippen LogP contribution in [0.1, 0.15) is 36.5 Å². The Labute approximate surface area is 91.7 Å². The molecule has 1 aromatic carbocycles. The van der Waals surface area contributed by atoms with E-state index in [9.17, 15) is 0 Å². The highest BCUT2D eigenvalue weighted by Crippen LogP contribution is 2.37. The molecule has 1 heteroatoms. The van der Waals surface area contributed by atoms with E-state index in [1.54, 1.807) is 0 Å². The van der Waals surface area contributed by atoms with Gasteiger partial charge in [0.05, 0.1) is 6.07 Å². The van der Waals surface area contributed by atoms with Gasteiger partial charge in [-0.15, -0.1) is 0 Å². The van der Waals surface area contributed by atoms with Crippen molar-refractivity contribution in [1.82, 2.24) is 0 Å². The number of nitrogens with zero attached hydrogens (tertiary/aromatic N) is 1. The Hall–Kier alpha value is -1.29. The molecule has 1 aliphatic rings. The topological polar surface area (TPSA) is 23.8 Å². The maximum absolute atomic E-state index is 8.83. The average molecular weight is 199 g/mol. The zero-order valence-corrected chi connectivity index (χ0v) is 9.51. The summed E-state index contributed by atoms with van der Waals surface area (Å²) in [5, 5.41) is 8.83. The molecule has 1 atom stereocenters. The molecule has 0 N–H and O–H groups in total. The van der Waals surface area contributed by atoms with Crippen molar-refractivity contribution < 1.29 is 0 Å². The first kappa shape index (κ1) is 10.2. The molecule has 0 radical (unpaired) electrons. The van der Waals surface area contributed by atoms with Gasteiger partial charge in [0.25, 0.3) is 0 Å². The molecule has 1 nitrogen and oxygen atoms in total. The van der Waals surface area contributed by atoms with E-state index in [1.807, 2.05) is 0 Å². The van der Waals surface area contributed by atoms with E-state index in [1.165, 1.54) is 16.7 Å². The van der Waals surface area contributed by atoms with Crippen LogP contribution < -0.4 is 0 Å². The minimum atomic E-state index is 0.205. The molecule has 0 fully saturated rings. The van der Waals surface area contributed by atoms with Crippen molar-refractivity contribution in [3.05, 3.63) is 34.9 Å². The molecule has 2 rings (SSSR count). The minimum absolute atomic E-state index is 0.205. The van der Waals surface area contributed by atoms with Gasteiger partial charge in [0.15, 0.2) is 0 Å². The van der Waals surface area contributed by atoms with Gasteiger partial charge in [0.1, 0.15) is 0 Å². The molecule has 0 heterocycles. The number of nitriles is 1. The summed E-state index contributed by atoms with van der Waals surface area (Å²) in [7, 11) is 0. The van der Waals surface area contributed by atoms with Gasteiger partial charge in [-0.1, -0.05) is 30.7 Å². The van der Waals surface area contributed by atoms with Crippen LogP contribution in [-0.2, 0) is 12.8 Å². The van der Waals surface area contributed by atoms with Crippen molar-refractivity contribution in [2.75, 3.05) is 0 Å². The maximum atomic E-state index is 8.83. The highest BCUT2D eigenvalue weighted by Gasteiger charge is 2.29. The molecule has 0 aliphatic heterocycles. The average Bonchev–Trinajstić information content (AvgIpc) is 2.19. The van der Waals surface area contributed by atoms with Crippen LogP contribution in [0.2, 0.25) is 0 Å². The molecule has 1 aromatic rings. The number of hydrogen-bond acceptors (Lipinski definition) is 1. The van der Waals surface area contributed by atoms with Crippen molar-refractivity contribution in [3.8, 4) is 6.07 Å². The highest BCUT2D eigenvalue weighted by atomic mass is 14.4. The van der Waals surface area contributed by atoms with Gasteiger partial charge in [-0.05, 0) is 42.7 Å². The van der Waals surface area contributed by atoms with Crippen molar-refractivity contribution in [3.63, 3.8) is 0 Å². The SMILES string of the molecule is Cc1ccc2c(c1)CCC(C)(CC#N)C2. The fourth-order valence-corrected chi connectivity index (χ4v) is 2.49. The molecule has 78 valence electrons. The second-order valence-electron chi connectivity index (χ2n) is 5.09. The van der Waals surface area contributed by atoms with Gasteiger partial charge in [-0.3, -0.25) is 0 Å². The van der Waals surface area contributed by atoms with Crippen LogP contribution in [0.15, 0.2) is 18.2 Å². The fourth-order valence-electron chi connectivity index (χ4n) is 2.49. The third-order valence-electron chi connectivity index (χ3n) is 3.48. The minimum Gasteiger partial charge on any atom is -0.198 e. The van der Waals surface area contributed by atoms with Crippen molar-refractivity contribution in [1.29, 1.82) is 5.26 Å². The lowest BCUT2D eigenvalue weighted by Gasteiger charge is -2.33. The lowest BCUT2D eigenvalue weighted by Crippen LogP contribution is -2.25. The zero-order valence-electron chi connectivity index (χ0n) is 9.51. The maximum Gasteiger partial charge on any atom is 0.0627 e. The van der Waals surface area contributed by atoms with E-state index in [0.29, 0.717) is 6.42 Å². The van der Waals surface area contributed by atoms with Crippen LogP contribution in [0, 0.1) is 23.7 Å². The van der Waals surface area contributed by atoms with Crippen molar-refractivity contribution in [2.45, 2.75) is 39.5 Å². The summed E-state index contributed by atoms with van der Waals surface area (Å²) in [5.41, 5.74) is 4.49. The molecule has 0 spiro atoms. The Morgan fingerprint density at radius 1 is 1.40 bits per heavy atom. The largest absolute Gasteiger partial charge is 0.198 e. The van der Waals surface area contributed by atoms with E-state index in [2.05, 4.69) is 38.1 Å². The van der Waals surface area contributed by atoms with E-state index in [4.69, 9.17) is 5.26 Å². The van der Waals surface area contributed by atoms with Gasteiger partial charge in [0.2, 0.25) is 0 Å². The number of hydrogen-bond donors (Lipinski definition) is 0. The van der Waals surface area contributed by atoms with Crippen LogP contribution >= 0.6 is 0 Å². The van der Waals surface area contributed by atoms with Crippen LogP contribution in [0.4, 0.5) is 0 Å². The summed E-state index contributed by atoms with van der Waals surface area (Å²) in [4.78, 5) is 0. The molecule has 0 bridgehead atoms. The fraction of sp³-hybridized carbons (Fsp3) is 0.500. The first-order chi connectivity index (χ1) is 7.13. The second kappa shape index (κ2) is 3.70. The number of benzene rings is 1. The van der Waals surface area contributed by atoms with E-state index in [0.717, 1.165) is 19.3 Å². The van der Waals surface area contributed by atoms with E-state index >= 15 is 0 Å². The van der Waals surface area contributed by atoms with Crippen LogP contribution in [0.3, 0.4) is 0 Å². The first-order valence-electron chi connectivity index (χ1n) is 5.58. The van der Waals surface area contributed by atoms with Crippen LogP contribution in [-0.4, -0.2) is 0 Å². The Kier molecular flexibility index (Phi) is 2.52. The lowest BCUT2D eigenvalue weighted by atomic mass is 9.71. The summed E-state index contributed by atoms with van der Waals surface area (Å²) < 4.78 is 0. The quantitative estimate of drug-likeness (QED) is 0.680. The molecule has 0 saturated carbocycles. The zero-order chi connectivity index (χ0) is 10.9. The van der Waals surface area contributed by atoms with Gasteiger partial charge >= 0.3 is 0 Å². The highest BCUT2D eigenvalue weighted by molar-refractivity contribution is 5.34. The third kappa shape index (κ3) is 2.04. The molecule has 1 unspecified atom stereocenters. The molecule has 15 heavy (non-hydrogen) atoms. The summed E-state index contributed by atoms with van der Waals surface area (Å²) in [6, 6.07) is 9.03. The summed E-state index contributed by atoms with van der Waals surface area (Å²) in [5.74, 6) is 0. The first-order valence-corrected chi connectivity index (χ1v) is 5.58. The van der Waals surface area contributed by atoms with Crippen molar-refractivity contribution >= 4 is 0 Å². The van der Waals surface area contributed by atoms with Gasteiger partial charge in [0, 0.05) is 6.42 Å². The predicted molar refractivity (Wildman–Crippen MR) is 61.5 cm³/mol. The molecule has 0 amide bonds. The van der Waals surface area contributed by atoms with E-state index < -0.39 is 0 Å². The number of aryl methyl sites for hydroxylation is 2. The second-order valence-corrected chi connectivity index (χ2v) is 5.09. The predicted octanol–water partition coefficient (Wildman–Crippen LogP) is 3.40. The summed E-state index contributed by atoms with van der Waals surface area (Å²) in [6.45, 7) is 4.38. The van der Waals surface area contributed by atoms with Crippen LogP contribution in [0.5, 0.6) is 0 Å². The third-order valence-corrected chi connectivity index (χ3v) is 3.48. The van der Waals surface area contributed by atoms with E-state index in [-0.39, 0.29) is 5.41 Å². The molecule has 0 aromatic heterocycles. The van der Waals surface area contributed by atoms with Gasteiger partial charge in [-0.2, -0.15) is 5.26 Å². The number of fused-ring (bicyclic) bond motifs is 1. The summed E-state index contributed by atoms with van der Waals surface area (Å²) >= 11 is 0. The standard InChI is InChI=1S/C14H17N/c1-11-3-4-13-10-14(2,7-8-15)6-5-12(13)9-11/h3-4,9H,5-7,10H2,1-2H3. The molecule has 0 saturated heterocycles. The normalized spacial score (nSPS) is 24.3. The molecular formula is C14H17N. The Morgan fingerprint density at radius 3 is 2.93 bits per heavy atom. The Morgan fingerprint density at radius 2 is 2.20 bits per heavy atom. The molecule has 1 aliphatic carbocycles. The summed E-state index contributed by atoms with van der Waals surface area (Å²) in [6.07, 6.45) is 4.03.